The maximum Gasteiger partial charge on any atom is 0.330 e. The molecule has 0 radical (unpaired) electrons. The number of methoxy groups -OCH3 is 1. The van der Waals surface area contributed by atoms with Crippen molar-refractivity contribution in [2.75, 3.05) is 13.4 Å². The van der Waals surface area contributed by atoms with Gasteiger partial charge in [0, 0.05) is 12.5 Å². The SMILES string of the molecule is C=C1C(=CC(=O)OC)CC(O[Si](C)(C)C(C)(C)C)C(OS(C)(=O)=O)C1O[Si](C)(C)C(C)(C)C. The topological polar surface area (TPSA) is 88.1 Å². The molecule has 0 aromatic rings. The third-order valence-corrected chi connectivity index (χ3v) is 16.6. The maximum absolute atomic E-state index is 12.3. The zero-order chi connectivity index (χ0) is 26.2. The molecule has 192 valence electrons. The summed E-state index contributed by atoms with van der Waals surface area (Å²) < 4.78 is 48.4. The van der Waals surface area contributed by atoms with Gasteiger partial charge in [-0.25, -0.2) is 4.79 Å². The molecule has 33 heavy (non-hydrogen) atoms. The molecule has 0 aromatic heterocycles. The van der Waals surface area contributed by atoms with Crippen LogP contribution in [0.1, 0.15) is 48.0 Å². The van der Waals surface area contributed by atoms with Gasteiger partial charge in [-0.1, -0.05) is 48.1 Å². The fourth-order valence-corrected chi connectivity index (χ4v) is 6.22. The summed E-state index contributed by atoms with van der Waals surface area (Å²) in [5.74, 6) is -0.509. The van der Waals surface area contributed by atoms with E-state index in [0.29, 0.717) is 11.1 Å². The first-order chi connectivity index (χ1) is 14.5. The van der Waals surface area contributed by atoms with Gasteiger partial charge in [0.05, 0.1) is 19.5 Å². The van der Waals surface area contributed by atoms with Crippen LogP contribution in [0.4, 0.5) is 0 Å². The fraction of sp³-hybridized carbons (Fsp3) is 0.783. The van der Waals surface area contributed by atoms with Crippen LogP contribution in [0.2, 0.25) is 36.3 Å². The van der Waals surface area contributed by atoms with Crippen LogP contribution in [0, 0.1) is 0 Å². The first-order valence-electron chi connectivity index (χ1n) is 11.2. The number of esters is 1. The number of hydrogen-bond donors (Lipinski definition) is 0. The average molecular weight is 521 g/mol. The lowest BCUT2D eigenvalue weighted by Crippen LogP contribution is -2.57. The first kappa shape index (κ1) is 30.2. The van der Waals surface area contributed by atoms with Gasteiger partial charge in [0.25, 0.3) is 10.1 Å². The second kappa shape index (κ2) is 10.1. The van der Waals surface area contributed by atoms with Crippen LogP contribution in [-0.4, -0.2) is 62.7 Å². The van der Waals surface area contributed by atoms with E-state index in [1.807, 2.05) is 0 Å². The number of rotatable bonds is 7. The molecule has 0 bridgehead atoms. The van der Waals surface area contributed by atoms with Crippen molar-refractivity contribution in [2.45, 2.75) is 103 Å². The summed E-state index contributed by atoms with van der Waals surface area (Å²) in [6, 6.07) is 0. The minimum absolute atomic E-state index is 0.112. The molecule has 0 aromatic carbocycles. The van der Waals surface area contributed by atoms with Gasteiger partial charge in [-0.15, -0.1) is 0 Å². The first-order valence-corrected chi connectivity index (χ1v) is 18.9. The molecule has 3 atom stereocenters. The Hall–Kier alpha value is -0.786. The standard InChI is InChI=1S/C23H44O7SSi2/c1-16-17(15-19(24)27-8)14-18(29-32(10,11)22(2,3)4)21(28-31(9,25)26)20(16)30-33(12,13)23(5,6)7/h15,18,20-21H,1,14H2,2-13H3. The molecular formula is C23H44O7SSi2. The number of hydrogen-bond acceptors (Lipinski definition) is 7. The molecule has 0 spiro atoms. The summed E-state index contributed by atoms with van der Waals surface area (Å²) in [6.45, 7) is 25.2. The monoisotopic (exact) mass is 520 g/mol. The molecule has 0 N–H and O–H groups in total. The van der Waals surface area contributed by atoms with Crippen LogP contribution in [0.25, 0.3) is 0 Å². The van der Waals surface area contributed by atoms with E-state index in [1.54, 1.807) is 0 Å². The Kier molecular flexibility index (Phi) is 9.22. The van der Waals surface area contributed by atoms with E-state index in [4.69, 9.17) is 17.8 Å². The van der Waals surface area contributed by atoms with E-state index in [9.17, 15) is 13.2 Å². The Morgan fingerprint density at radius 2 is 1.45 bits per heavy atom. The number of carbonyl (C=O) groups is 1. The predicted octanol–water partition coefficient (Wildman–Crippen LogP) is 5.17. The summed E-state index contributed by atoms with van der Waals surface area (Å²) in [6.07, 6.45) is 0.381. The van der Waals surface area contributed by atoms with Crippen molar-refractivity contribution < 1.29 is 31.0 Å². The van der Waals surface area contributed by atoms with E-state index < -0.39 is 51.0 Å². The van der Waals surface area contributed by atoms with Gasteiger partial charge in [-0.3, -0.25) is 4.18 Å². The highest BCUT2D eigenvalue weighted by atomic mass is 32.2. The van der Waals surface area contributed by atoms with Crippen molar-refractivity contribution in [1.29, 1.82) is 0 Å². The van der Waals surface area contributed by atoms with Gasteiger partial charge in [0.1, 0.15) is 12.2 Å². The van der Waals surface area contributed by atoms with E-state index >= 15 is 0 Å². The summed E-state index contributed by atoms with van der Waals surface area (Å²) in [5.41, 5.74) is 1.15. The molecule has 7 nitrogen and oxygen atoms in total. The molecule has 1 aliphatic rings. The second-order valence-corrected chi connectivity index (χ2v) is 23.0. The minimum atomic E-state index is -3.82. The van der Waals surface area contributed by atoms with E-state index in [-0.39, 0.29) is 16.5 Å². The molecule has 1 fully saturated rings. The average Bonchev–Trinajstić information content (AvgIpc) is 2.58. The number of carbonyl (C=O) groups excluding carboxylic acids is 1. The molecule has 1 rings (SSSR count). The van der Waals surface area contributed by atoms with E-state index in [1.165, 1.54) is 13.2 Å². The molecule has 3 unspecified atom stereocenters. The van der Waals surface area contributed by atoms with Crippen LogP contribution >= 0.6 is 0 Å². The molecule has 1 saturated carbocycles. The quantitative estimate of drug-likeness (QED) is 0.198. The summed E-state index contributed by atoms with van der Waals surface area (Å²) in [4.78, 5) is 12.1. The molecule has 0 aliphatic heterocycles. The summed E-state index contributed by atoms with van der Waals surface area (Å²) in [5, 5.41) is -0.249. The highest BCUT2D eigenvalue weighted by Gasteiger charge is 2.50. The lowest BCUT2D eigenvalue weighted by molar-refractivity contribution is -0.134. The zero-order valence-electron chi connectivity index (χ0n) is 22.5. The third kappa shape index (κ3) is 7.86. The van der Waals surface area contributed by atoms with Crippen molar-refractivity contribution in [3.63, 3.8) is 0 Å². The largest absolute Gasteiger partial charge is 0.466 e. The summed E-state index contributed by atoms with van der Waals surface area (Å²) >= 11 is 0. The van der Waals surface area contributed by atoms with Gasteiger partial charge in [-0.2, -0.15) is 8.42 Å². The number of ether oxygens (including phenoxy) is 1. The Labute approximate surface area is 203 Å². The van der Waals surface area contributed by atoms with Crippen molar-refractivity contribution in [3.05, 3.63) is 23.8 Å². The van der Waals surface area contributed by atoms with Crippen LogP contribution in [0.15, 0.2) is 23.8 Å². The maximum atomic E-state index is 12.3. The minimum Gasteiger partial charge on any atom is -0.466 e. The molecular weight excluding hydrogens is 476 g/mol. The second-order valence-electron chi connectivity index (χ2n) is 11.9. The smallest absolute Gasteiger partial charge is 0.330 e. The molecule has 0 amide bonds. The Morgan fingerprint density at radius 3 is 1.85 bits per heavy atom. The van der Waals surface area contributed by atoms with Gasteiger partial charge in [-0.05, 0) is 47.4 Å². The Balaban J connectivity index is 3.66. The van der Waals surface area contributed by atoms with Crippen molar-refractivity contribution in [2.24, 2.45) is 0 Å². The highest BCUT2D eigenvalue weighted by Crippen LogP contribution is 2.45. The van der Waals surface area contributed by atoms with Gasteiger partial charge < -0.3 is 13.6 Å². The Morgan fingerprint density at radius 1 is 1.00 bits per heavy atom. The summed E-state index contributed by atoms with van der Waals surface area (Å²) in [7, 11) is -7.21. The van der Waals surface area contributed by atoms with Crippen LogP contribution in [0.3, 0.4) is 0 Å². The molecule has 0 heterocycles. The Bertz CT molecular complexity index is 877. The highest BCUT2D eigenvalue weighted by molar-refractivity contribution is 7.86. The van der Waals surface area contributed by atoms with Crippen LogP contribution < -0.4 is 0 Å². The van der Waals surface area contributed by atoms with Gasteiger partial charge in [0.15, 0.2) is 16.6 Å². The van der Waals surface area contributed by atoms with E-state index in [2.05, 4.69) is 74.3 Å². The predicted molar refractivity (Wildman–Crippen MR) is 138 cm³/mol. The molecule has 1 aliphatic carbocycles. The van der Waals surface area contributed by atoms with Crippen LogP contribution in [0.5, 0.6) is 0 Å². The fourth-order valence-electron chi connectivity index (χ4n) is 3.00. The lowest BCUT2D eigenvalue weighted by atomic mass is 9.84. The van der Waals surface area contributed by atoms with Crippen molar-refractivity contribution >= 4 is 32.7 Å². The van der Waals surface area contributed by atoms with Gasteiger partial charge in [0.2, 0.25) is 0 Å². The van der Waals surface area contributed by atoms with Crippen molar-refractivity contribution in [1.82, 2.24) is 0 Å². The normalized spacial score (nSPS) is 24.8. The molecule has 0 saturated heterocycles. The van der Waals surface area contributed by atoms with Crippen molar-refractivity contribution in [3.8, 4) is 0 Å². The lowest BCUT2D eigenvalue weighted by Gasteiger charge is -2.48. The third-order valence-electron chi connectivity index (χ3n) is 7.10. The van der Waals surface area contributed by atoms with E-state index in [0.717, 1.165) is 6.26 Å². The van der Waals surface area contributed by atoms with Crippen LogP contribution in [-0.2, 0) is 32.7 Å². The molecule has 10 heteroatoms. The zero-order valence-corrected chi connectivity index (χ0v) is 25.3. The van der Waals surface area contributed by atoms with Gasteiger partial charge >= 0.3 is 5.97 Å².